The van der Waals surface area contributed by atoms with Crippen LogP contribution in [0.1, 0.15) is 16.2 Å². The van der Waals surface area contributed by atoms with Crippen molar-refractivity contribution in [1.82, 2.24) is 15.0 Å². The van der Waals surface area contributed by atoms with Gasteiger partial charge in [-0.3, -0.25) is 4.98 Å². The van der Waals surface area contributed by atoms with E-state index in [1.165, 1.54) is 18.6 Å². The fraction of sp³-hybridized carbons (Fsp3) is 0.0833. The Morgan fingerprint density at radius 1 is 1.33 bits per heavy atom. The summed E-state index contributed by atoms with van der Waals surface area (Å²) in [7, 11) is 0. The number of aromatic carboxylic acids is 1. The van der Waals surface area contributed by atoms with E-state index in [-0.39, 0.29) is 5.69 Å². The van der Waals surface area contributed by atoms with Crippen molar-refractivity contribution in [2.24, 2.45) is 0 Å². The van der Waals surface area contributed by atoms with Gasteiger partial charge in [0.2, 0.25) is 0 Å². The lowest BCUT2D eigenvalue weighted by molar-refractivity contribution is 0.0690. The molecule has 2 N–H and O–H groups in total. The van der Waals surface area contributed by atoms with Crippen LogP contribution < -0.4 is 0 Å². The van der Waals surface area contributed by atoms with E-state index in [1.54, 1.807) is 18.3 Å². The summed E-state index contributed by atoms with van der Waals surface area (Å²) in [5.74, 6) is -1.09. The highest BCUT2D eigenvalue weighted by atomic mass is 16.4. The third kappa shape index (κ3) is 2.54. The van der Waals surface area contributed by atoms with E-state index in [9.17, 15) is 4.79 Å². The Hall–Kier alpha value is -2.63. The average Bonchev–Trinajstić information content (AvgIpc) is 2.39. The summed E-state index contributed by atoms with van der Waals surface area (Å²) in [5, 5.41) is 15.9. The number of aromatic nitrogens is 3. The summed E-state index contributed by atoms with van der Waals surface area (Å²) in [6.45, 7) is 0. The molecule has 0 atom stereocenters. The molecule has 0 radical (unpaired) electrons. The molecule has 2 aromatic rings. The molecule has 0 amide bonds. The predicted molar refractivity (Wildman–Crippen MR) is 64.7 cm³/mol. The molecule has 90 valence electrons. The number of pyridine rings is 1. The first kappa shape index (κ1) is 11.8. The van der Waals surface area contributed by atoms with Crippen molar-refractivity contribution in [1.29, 1.82) is 5.41 Å². The van der Waals surface area contributed by atoms with Crippen molar-refractivity contribution in [3.63, 3.8) is 0 Å². The van der Waals surface area contributed by atoms with Crippen LogP contribution in [0.15, 0.2) is 30.7 Å². The van der Waals surface area contributed by atoms with Gasteiger partial charge in [0.25, 0.3) is 0 Å². The van der Waals surface area contributed by atoms with Gasteiger partial charge in [-0.05, 0) is 18.2 Å². The van der Waals surface area contributed by atoms with Crippen molar-refractivity contribution in [2.45, 2.75) is 6.42 Å². The number of hydrogen-bond acceptors (Lipinski definition) is 5. The van der Waals surface area contributed by atoms with Crippen molar-refractivity contribution in [3.8, 4) is 11.3 Å². The molecular weight excluding hydrogens is 232 g/mol. The van der Waals surface area contributed by atoms with Crippen LogP contribution in [-0.2, 0) is 6.42 Å². The third-order valence-corrected chi connectivity index (χ3v) is 2.31. The second kappa shape index (κ2) is 5.13. The van der Waals surface area contributed by atoms with Crippen LogP contribution in [0.2, 0.25) is 0 Å². The molecule has 2 rings (SSSR count). The van der Waals surface area contributed by atoms with Gasteiger partial charge in [-0.2, -0.15) is 0 Å². The van der Waals surface area contributed by atoms with Crippen LogP contribution >= 0.6 is 0 Å². The second-order valence-corrected chi connectivity index (χ2v) is 3.54. The summed E-state index contributed by atoms with van der Waals surface area (Å²) >= 11 is 0. The highest BCUT2D eigenvalue weighted by Gasteiger charge is 2.08. The minimum atomic E-state index is -1.09. The highest BCUT2D eigenvalue weighted by molar-refractivity contribution is 5.86. The fourth-order valence-electron chi connectivity index (χ4n) is 1.49. The molecule has 0 unspecified atom stereocenters. The van der Waals surface area contributed by atoms with Crippen LogP contribution in [0, 0.1) is 5.41 Å². The summed E-state index contributed by atoms with van der Waals surface area (Å²) in [6.07, 6.45) is 4.52. The maximum Gasteiger partial charge on any atom is 0.354 e. The van der Waals surface area contributed by atoms with Gasteiger partial charge >= 0.3 is 5.97 Å². The van der Waals surface area contributed by atoms with Crippen LogP contribution in [0.25, 0.3) is 11.3 Å². The van der Waals surface area contributed by atoms with E-state index in [0.717, 1.165) is 11.3 Å². The summed E-state index contributed by atoms with van der Waals surface area (Å²) in [5.41, 5.74) is 1.96. The molecule has 0 aromatic carbocycles. The molecule has 0 saturated heterocycles. The maximum atomic E-state index is 10.8. The minimum absolute atomic E-state index is 0.0505. The van der Waals surface area contributed by atoms with Crippen LogP contribution in [0.4, 0.5) is 0 Å². The molecule has 0 bridgehead atoms. The molecule has 0 fully saturated rings. The first-order chi connectivity index (χ1) is 8.70. The molecule has 6 nitrogen and oxygen atoms in total. The fourth-order valence-corrected chi connectivity index (χ4v) is 1.49. The normalized spacial score (nSPS) is 10.0. The molecular formula is C12H10N4O2. The lowest BCUT2D eigenvalue weighted by atomic mass is 10.1. The molecule has 6 heteroatoms. The molecule has 0 aliphatic heterocycles. The van der Waals surface area contributed by atoms with E-state index in [1.807, 2.05) is 0 Å². The number of carboxylic acid groups (broad SMARTS) is 1. The molecule has 2 heterocycles. The lowest BCUT2D eigenvalue weighted by Crippen LogP contribution is -2.01. The number of nitrogens with zero attached hydrogens (tertiary/aromatic N) is 3. The van der Waals surface area contributed by atoms with Gasteiger partial charge in [0.1, 0.15) is 6.33 Å². The van der Waals surface area contributed by atoms with Crippen molar-refractivity contribution in [3.05, 3.63) is 42.1 Å². The monoisotopic (exact) mass is 242 g/mol. The van der Waals surface area contributed by atoms with Crippen molar-refractivity contribution in [2.75, 3.05) is 0 Å². The number of carboxylic acids is 1. The summed E-state index contributed by atoms with van der Waals surface area (Å²) in [6, 6.07) is 4.92. The average molecular weight is 242 g/mol. The zero-order valence-corrected chi connectivity index (χ0v) is 9.37. The molecule has 2 aromatic heterocycles. The zero-order valence-electron chi connectivity index (χ0n) is 9.37. The third-order valence-electron chi connectivity index (χ3n) is 2.31. The van der Waals surface area contributed by atoms with Gasteiger partial charge in [0.05, 0.1) is 5.69 Å². The van der Waals surface area contributed by atoms with Crippen LogP contribution in [0.3, 0.4) is 0 Å². The Labute approximate surface area is 103 Å². The second-order valence-electron chi connectivity index (χ2n) is 3.54. The van der Waals surface area contributed by atoms with Crippen molar-refractivity contribution >= 4 is 12.2 Å². The van der Waals surface area contributed by atoms with Gasteiger partial charge in [-0.15, -0.1) is 0 Å². The van der Waals surface area contributed by atoms with E-state index in [2.05, 4.69) is 15.0 Å². The largest absolute Gasteiger partial charge is 0.477 e. The molecule has 0 aliphatic carbocycles. The van der Waals surface area contributed by atoms with E-state index < -0.39 is 5.97 Å². The quantitative estimate of drug-likeness (QED) is 0.790. The summed E-state index contributed by atoms with van der Waals surface area (Å²) in [4.78, 5) is 22.6. The highest BCUT2D eigenvalue weighted by Crippen LogP contribution is 2.17. The van der Waals surface area contributed by atoms with Gasteiger partial charge < -0.3 is 10.5 Å². The predicted octanol–water partition coefficient (Wildman–Crippen LogP) is 1.43. The first-order valence-corrected chi connectivity index (χ1v) is 5.20. The smallest absolute Gasteiger partial charge is 0.354 e. The van der Waals surface area contributed by atoms with Gasteiger partial charge in [0, 0.05) is 30.1 Å². The molecule has 0 spiro atoms. The standard InChI is InChI=1S/C12H10N4O2/c13-3-1-9-5-8(2-4-14-9)10-6-11(12(17)18)16-7-15-10/h2-7,13H,1H2,(H,17,18). The molecule has 0 aliphatic rings. The topological polar surface area (TPSA) is 99.8 Å². The number of carbonyl (C=O) groups is 1. The number of hydrogen-bond donors (Lipinski definition) is 2. The SMILES string of the molecule is N=CCc1cc(-c2cc(C(=O)O)ncn2)ccn1. The Morgan fingerprint density at radius 3 is 2.89 bits per heavy atom. The Kier molecular flexibility index (Phi) is 3.38. The molecule has 18 heavy (non-hydrogen) atoms. The minimum Gasteiger partial charge on any atom is -0.477 e. The maximum absolute atomic E-state index is 10.8. The number of nitrogens with one attached hydrogen (secondary N) is 1. The van der Waals surface area contributed by atoms with Crippen LogP contribution in [0.5, 0.6) is 0 Å². The molecule has 0 saturated carbocycles. The van der Waals surface area contributed by atoms with Gasteiger partial charge in [0.15, 0.2) is 5.69 Å². The zero-order chi connectivity index (χ0) is 13.0. The van der Waals surface area contributed by atoms with Crippen LogP contribution in [-0.4, -0.2) is 32.2 Å². The van der Waals surface area contributed by atoms with Crippen molar-refractivity contribution < 1.29 is 9.90 Å². The van der Waals surface area contributed by atoms with E-state index in [0.29, 0.717) is 12.1 Å². The van der Waals surface area contributed by atoms with Gasteiger partial charge in [-0.1, -0.05) is 0 Å². The summed E-state index contributed by atoms with van der Waals surface area (Å²) < 4.78 is 0. The number of rotatable bonds is 4. The lowest BCUT2D eigenvalue weighted by Gasteiger charge is -2.03. The first-order valence-electron chi connectivity index (χ1n) is 5.20. The Morgan fingerprint density at radius 2 is 2.17 bits per heavy atom. The van der Waals surface area contributed by atoms with Gasteiger partial charge in [-0.25, -0.2) is 14.8 Å². The Bertz CT molecular complexity index is 598. The Balaban J connectivity index is 2.41. The van der Waals surface area contributed by atoms with E-state index >= 15 is 0 Å². The van der Waals surface area contributed by atoms with E-state index in [4.69, 9.17) is 10.5 Å².